The molecule has 0 amide bonds. The van der Waals surface area contributed by atoms with Crippen molar-refractivity contribution in [3.63, 3.8) is 0 Å². The number of anilines is 1. The number of rotatable bonds is 6. The standard InChI is InChI=1S/C15H13N3O4S2/c1-2-11-9-13(23-10-16)5-8-15(11)17-24(21,22)14-6-3-12(4-7-14)18(19)20/h3-9,17H,2H2,1H3. The molecule has 2 aromatic carbocycles. The van der Waals surface area contributed by atoms with Gasteiger partial charge in [0, 0.05) is 17.0 Å². The maximum absolute atomic E-state index is 12.4. The first kappa shape index (κ1) is 17.8. The number of thioether (sulfide) groups is 1. The molecule has 0 spiro atoms. The van der Waals surface area contributed by atoms with E-state index in [0.717, 1.165) is 34.4 Å². The molecule has 0 saturated carbocycles. The molecule has 1 N–H and O–H groups in total. The van der Waals surface area contributed by atoms with E-state index in [-0.39, 0.29) is 10.6 Å². The van der Waals surface area contributed by atoms with Crippen LogP contribution in [-0.4, -0.2) is 13.3 Å². The smallest absolute Gasteiger partial charge is 0.269 e. The quantitative estimate of drug-likeness (QED) is 0.363. The summed E-state index contributed by atoms with van der Waals surface area (Å²) in [4.78, 5) is 10.7. The van der Waals surface area contributed by atoms with Crippen LogP contribution in [0.1, 0.15) is 12.5 Å². The molecule has 0 aliphatic rings. The second kappa shape index (κ2) is 7.33. The van der Waals surface area contributed by atoms with Gasteiger partial charge in [-0.05, 0) is 54.1 Å². The zero-order valence-electron chi connectivity index (χ0n) is 12.6. The number of nitrogens with one attached hydrogen (secondary N) is 1. The van der Waals surface area contributed by atoms with E-state index in [4.69, 9.17) is 5.26 Å². The van der Waals surface area contributed by atoms with E-state index in [1.807, 2.05) is 12.3 Å². The monoisotopic (exact) mass is 363 g/mol. The van der Waals surface area contributed by atoms with Gasteiger partial charge in [0.05, 0.1) is 15.5 Å². The number of non-ortho nitro benzene ring substituents is 1. The van der Waals surface area contributed by atoms with E-state index in [0.29, 0.717) is 12.1 Å². The summed E-state index contributed by atoms with van der Waals surface area (Å²) in [5, 5.41) is 21.3. The molecular formula is C15H13N3O4S2. The minimum Gasteiger partial charge on any atom is -0.279 e. The van der Waals surface area contributed by atoms with Crippen molar-refractivity contribution in [2.24, 2.45) is 0 Å². The van der Waals surface area contributed by atoms with Gasteiger partial charge in [0.2, 0.25) is 0 Å². The number of nitrogens with zero attached hydrogens (tertiary/aromatic N) is 2. The van der Waals surface area contributed by atoms with Gasteiger partial charge in [-0.3, -0.25) is 14.8 Å². The number of aryl methyl sites for hydroxylation is 1. The molecule has 0 aliphatic heterocycles. The zero-order valence-corrected chi connectivity index (χ0v) is 14.2. The fourth-order valence-corrected chi connectivity index (χ4v) is 3.57. The van der Waals surface area contributed by atoms with Crippen LogP contribution in [0.3, 0.4) is 0 Å². The topological polar surface area (TPSA) is 113 Å². The van der Waals surface area contributed by atoms with Crippen molar-refractivity contribution in [1.29, 1.82) is 5.26 Å². The van der Waals surface area contributed by atoms with Crippen LogP contribution >= 0.6 is 11.8 Å². The summed E-state index contributed by atoms with van der Waals surface area (Å²) in [5.41, 5.74) is 0.986. The van der Waals surface area contributed by atoms with E-state index in [2.05, 4.69) is 4.72 Å². The first-order chi connectivity index (χ1) is 11.4. The van der Waals surface area contributed by atoms with Crippen molar-refractivity contribution >= 4 is 33.2 Å². The molecule has 24 heavy (non-hydrogen) atoms. The number of nitro benzene ring substituents is 1. The van der Waals surface area contributed by atoms with Crippen molar-refractivity contribution in [2.75, 3.05) is 4.72 Å². The largest absolute Gasteiger partial charge is 0.279 e. The van der Waals surface area contributed by atoms with Gasteiger partial charge in [-0.15, -0.1) is 0 Å². The summed E-state index contributed by atoms with van der Waals surface area (Å²) in [6, 6.07) is 9.66. The Morgan fingerprint density at radius 2 is 1.92 bits per heavy atom. The first-order valence-electron chi connectivity index (χ1n) is 6.83. The van der Waals surface area contributed by atoms with Crippen LogP contribution in [-0.2, 0) is 16.4 Å². The maximum atomic E-state index is 12.4. The highest BCUT2D eigenvalue weighted by molar-refractivity contribution is 8.03. The van der Waals surface area contributed by atoms with Crippen LogP contribution in [0.5, 0.6) is 0 Å². The Hall–Kier alpha value is -2.57. The van der Waals surface area contributed by atoms with E-state index >= 15 is 0 Å². The van der Waals surface area contributed by atoms with Gasteiger partial charge in [-0.1, -0.05) is 6.92 Å². The average molecular weight is 363 g/mol. The summed E-state index contributed by atoms with van der Waals surface area (Å²) in [7, 11) is -3.86. The van der Waals surface area contributed by atoms with Crippen LogP contribution in [0, 0.1) is 20.8 Å². The van der Waals surface area contributed by atoms with Crippen LogP contribution < -0.4 is 4.72 Å². The molecule has 2 aromatic rings. The lowest BCUT2D eigenvalue weighted by Crippen LogP contribution is -2.14. The molecule has 0 heterocycles. The molecule has 0 saturated heterocycles. The Morgan fingerprint density at radius 3 is 2.46 bits per heavy atom. The Morgan fingerprint density at radius 1 is 1.25 bits per heavy atom. The predicted molar refractivity (Wildman–Crippen MR) is 91.2 cm³/mol. The fraction of sp³-hybridized carbons (Fsp3) is 0.133. The highest BCUT2D eigenvalue weighted by Gasteiger charge is 2.17. The van der Waals surface area contributed by atoms with Crippen LogP contribution in [0.15, 0.2) is 52.3 Å². The third kappa shape index (κ3) is 4.04. The minimum absolute atomic E-state index is 0.0642. The van der Waals surface area contributed by atoms with Gasteiger partial charge in [-0.2, -0.15) is 5.26 Å². The third-order valence-corrected chi connectivity index (χ3v) is 5.19. The number of nitriles is 1. The summed E-state index contributed by atoms with van der Waals surface area (Å²) in [6.07, 6.45) is 0.581. The molecule has 0 unspecified atom stereocenters. The highest BCUT2D eigenvalue weighted by atomic mass is 32.2. The lowest BCUT2D eigenvalue weighted by atomic mass is 10.1. The Kier molecular flexibility index (Phi) is 5.43. The summed E-state index contributed by atoms with van der Waals surface area (Å²) >= 11 is 0.997. The minimum atomic E-state index is -3.86. The number of sulfonamides is 1. The molecular weight excluding hydrogens is 350 g/mol. The molecule has 0 bridgehead atoms. The number of hydrogen-bond donors (Lipinski definition) is 1. The van der Waals surface area contributed by atoms with Crippen molar-refractivity contribution in [3.05, 3.63) is 58.1 Å². The lowest BCUT2D eigenvalue weighted by molar-refractivity contribution is -0.384. The van der Waals surface area contributed by atoms with Crippen molar-refractivity contribution < 1.29 is 13.3 Å². The van der Waals surface area contributed by atoms with E-state index < -0.39 is 14.9 Å². The highest BCUT2D eigenvalue weighted by Crippen LogP contribution is 2.27. The van der Waals surface area contributed by atoms with Crippen LogP contribution in [0.4, 0.5) is 11.4 Å². The Balaban J connectivity index is 2.32. The first-order valence-corrected chi connectivity index (χ1v) is 9.13. The second-order valence-electron chi connectivity index (χ2n) is 4.72. The SMILES string of the molecule is CCc1cc(SC#N)ccc1NS(=O)(=O)c1ccc([N+](=O)[O-])cc1. The van der Waals surface area contributed by atoms with Crippen molar-refractivity contribution in [3.8, 4) is 5.40 Å². The molecule has 9 heteroatoms. The Bertz CT molecular complexity index is 903. The van der Waals surface area contributed by atoms with E-state index in [9.17, 15) is 18.5 Å². The van der Waals surface area contributed by atoms with E-state index in [1.54, 1.807) is 18.2 Å². The molecule has 0 atom stereocenters. The van der Waals surface area contributed by atoms with Gasteiger partial charge in [0.25, 0.3) is 15.7 Å². The summed E-state index contributed by atoms with van der Waals surface area (Å²) in [6.45, 7) is 1.87. The lowest BCUT2D eigenvalue weighted by Gasteiger charge is -2.12. The van der Waals surface area contributed by atoms with Gasteiger partial charge < -0.3 is 0 Å². The number of thiocyanates is 1. The maximum Gasteiger partial charge on any atom is 0.269 e. The molecule has 7 nitrogen and oxygen atoms in total. The number of benzene rings is 2. The van der Waals surface area contributed by atoms with Crippen LogP contribution in [0.2, 0.25) is 0 Å². The molecule has 0 radical (unpaired) electrons. The number of nitro groups is 1. The van der Waals surface area contributed by atoms with Crippen molar-refractivity contribution in [2.45, 2.75) is 23.1 Å². The van der Waals surface area contributed by atoms with Gasteiger partial charge in [-0.25, -0.2) is 8.42 Å². The molecule has 2 rings (SSSR count). The van der Waals surface area contributed by atoms with Gasteiger partial charge >= 0.3 is 0 Å². The van der Waals surface area contributed by atoms with Gasteiger partial charge in [0.15, 0.2) is 0 Å². The number of hydrogen-bond acceptors (Lipinski definition) is 6. The normalized spacial score (nSPS) is 10.8. The summed E-state index contributed by atoms with van der Waals surface area (Å²) in [5.74, 6) is 0. The third-order valence-electron chi connectivity index (χ3n) is 3.22. The Labute approximate surface area is 143 Å². The predicted octanol–water partition coefficient (Wildman–Crippen LogP) is 3.53. The molecule has 0 aromatic heterocycles. The van der Waals surface area contributed by atoms with E-state index in [1.165, 1.54) is 12.1 Å². The van der Waals surface area contributed by atoms with Crippen LogP contribution in [0.25, 0.3) is 0 Å². The fourth-order valence-electron chi connectivity index (χ4n) is 2.03. The molecule has 0 fully saturated rings. The zero-order chi connectivity index (χ0) is 17.7. The summed E-state index contributed by atoms with van der Waals surface area (Å²) < 4.78 is 27.3. The second-order valence-corrected chi connectivity index (χ2v) is 7.26. The average Bonchev–Trinajstić information content (AvgIpc) is 2.56. The molecule has 124 valence electrons. The van der Waals surface area contributed by atoms with Crippen molar-refractivity contribution in [1.82, 2.24) is 0 Å². The molecule has 0 aliphatic carbocycles. The van der Waals surface area contributed by atoms with Gasteiger partial charge in [0.1, 0.15) is 5.40 Å².